The predicted octanol–water partition coefficient (Wildman–Crippen LogP) is 1.74. The second kappa shape index (κ2) is 5.55. The summed E-state index contributed by atoms with van der Waals surface area (Å²) in [6.45, 7) is 4.52. The van der Waals surface area contributed by atoms with Crippen LogP contribution in [0.15, 0.2) is 0 Å². The van der Waals surface area contributed by atoms with E-state index < -0.39 is 0 Å². The van der Waals surface area contributed by atoms with Crippen LogP contribution in [0.5, 0.6) is 5.75 Å². The normalized spacial score (nSPS) is 17.4. The van der Waals surface area contributed by atoms with Crippen LogP contribution in [-0.4, -0.2) is 37.3 Å². The molecule has 0 spiro atoms. The number of nitrogens with zero attached hydrogens (tertiary/aromatic N) is 2. The third kappa shape index (κ3) is 2.63. The lowest BCUT2D eigenvalue weighted by molar-refractivity contribution is 0.0819. The zero-order valence-corrected chi connectivity index (χ0v) is 11.1. The molecule has 96 valence electrons. The van der Waals surface area contributed by atoms with Crippen LogP contribution in [-0.2, 0) is 4.74 Å². The Morgan fingerprint density at radius 2 is 2.18 bits per heavy atom. The number of piperidine rings is 1. The predicted molar refractivity (Wildman–Crippen MR) is 69.9 cm³/mol. The molecule has 5 nitrogen and oxygen atoms in total. The molecule has 1 fully saturated rings. The van der Waals surface area contributed by atoms with E-state index in [1.54, 1.807) is 7.11 Å². The monoisotopic (exact) mass is 257 g/mol. The van der Waals surface area contributed by atoms with Crippen molar-refractivity contribution in [2.24, 2.45) is 0 Å². The molecule has 0 amide bonds. The highest BCUT2D eigenvalue weighted by atomic mass is 32.1. The van der Waals surface area contributed by atoms with Gasteiger partial charge in [0.2, 0.25) is 0 Å². The smallest absolute Gasteiger partial charge is 0.197 e. The fourth-order valence-electron chi connectivity index (χ4n) is 2.06. The van der Waals surface area contributed by atoms with Crippen molar-refractivity contribution in [1.82, 2.24) is 4.37 Å². The van der Waals surface area contributed by atoms with Gasteiger partial charge in [0.05, 0.1) is 12.7 Å². The Morgan fingerprint density at radius 1 is 1.47 bits per heavy atom. The summed E-state index contributed by atoms with van der Waals surface area (Å²) in [4.78, 5) is 2.29. The fraction of sp³-hybridized carbons (Fsp3) is 0.727. The summed E-state index contributed by atoms with van der Waals surface area (Å²) in [6.07, 6.45) is 2.46. The van der Waals surface area contributed by atoms with Crippen LogP contribution in [0.3, 0.4) is 0 Å². The first-order chi connectivity index (χ1) is 8.26. The maximum Gasteiger partial charge on any atom is 0.197 e. The average molecular weight is 257 g/mol. The number of rotatable bonds is 4. The largest absolute Gasteiger partial charge is 0.487 e. The summed E-state index contributed by atoms with van der Waals surface area (Å²) in [7, 11) is 1.77. The van der Waals surface area contributed by atoms with Gasteiger partial charge in [-0.3, -0.25) is 0 Å². The Hall–Kier alpha value is -1.01. The van der Waals surface area contributed by atoms with E-state index >= 15 is 0 Å². The molecule has 0 aromatic carbocycles. The number of nitrogens with two attached hydrogens (primary N) is 1. The highest BCUT2D eigenvalue weighted by molar-refractivity contribution is 7.11. The Morgan fingerprint density at radius 3 is 2.76 bits per heavy atom. The molecule has 2 N–H and O–H groups in total. The van der Waals surface area contributed by atoms with Gasteiger partial charge in [0.25, 0.3) is 0 Å². The van der Waals surface area contributed by atoms with Gasteiger partial charge in [-0.05, 0) is 31.3 Å². The number of nitrogen functional groups attached to an aromatic ring is 1. The molecule has 0 unspecified atom stereocenters. The molecule has 1 aromatic rings. The minimum atomic E-state index is 0.382. The Balaban J connectivity index is 2.07. The molecule has 0 aliphatic carbocycles. The molecule has 0 radical (unpaired) electrons. The molecule has 1 aromatic heterocycles. The molecule has 2 rings (SSSR count). The van der Waals surface area contributed by atoms with Crippen LogP contribution in [0.1, 0.15) is 19.8 Å². The molecular weight excluding hydrogens is 238 g/mol. The van der Waals surface area contributed by atoms with E-state index in [0.29, 0.717) is 18.5 Å². The fourth-order valence-corrected chi connectivity index (χ4v) is 2.87. The van der Waals surface area contributed by atoms with E-state index in [9.17, 15) is 0 Å². The standard InChI is InChI=1S/C11H19N3O2S/c1-3-16-9-10(12)13-17-11(9)14-6-4-8(15-2)5-7-14/h8H,3-7H2,1-2H3,(H2,12,13). The van der Waals surface area contributed by atoms with E-state index in [4.69, 9.17) is 15.2 Å². The van der Waals surface area contributed by atoms with Gasteiger partial charge < -0.3 is 20.1 Å². The summed E-state index contributed by atoms with van der Waals surface area (Å²) in [5.41, 5.74) is 5.81. The maximum atomic E-state index is 5.81. The quantitative estimate of drug-likeness (QED) is 0.890. The molecule has 1 aliphatic heterocycles. The van der Waals surface area contributed by atoms with Crippen LogP contribution in [0.2, 0.25) is 0 Å². The second-order valence-corrected chi connectivity index (χ2v) is 4.81. The van der Waals surface area contributed by atoms with Crippen molar-refractivity contribution >= 4 is 22.4 Å². The SMILES string of the molecule is CCOc1c(N)nsc1N1CCC(OC)CC1. The minimum absolute atomic E-state index is 0.382. The number of hydrogen-bond donors (Lipinski definition) is 1. The highest BCUT2D eigenvalue weighted by Crippen LogP contribution is 2.39. The van der Waals surface area contributed by atoms with Gasteiger partial charge in [-0.25, -0.2) is 0 Å². The lowest BCUT2D eigenvalue weighted by Crippen LogP contribution is -2.36. The van der Waals surface area contributed by atoms with Crippen molar-refractivity contribution in [2.75, 3.05) is 37.4 Å². The number of hydrogen-bond acceptors (Lipinski definition) is 6. The zero-order chi connectivity index (χ0) is 12.3. The molecule has 1 aliphatic rings. The third-order valence-electron chi connectivity index (χ3n) is 3.01. The summed E-state index contributed by atoms with van der Waals surface area (Å²) in [5.74, 6) is 1.24. The van der Waals surface area contributed by atoms with Crippen molar-refractivity contribution in [3.8, 4) is 5.75 Å². The van der Waals surface area contributed by atoms with Gasteiger partial charge in [-0.1, -0.05) is 0 Å². The number of methoxy groups -OCH3 is 1. The Kier molecular flexibility index (Phi) is 4.06. The molecule has 2 heterocycles. The summed E-state index contributed by atoms with van der Waals surface area (Å²) >= 11 is 1.42. The van der Waals surface area contributed by atoms with Gasteiger partial charge >= 0.3 is 0 Å². The summed E-state index contributed by atoms with van der Waals surface area (Å²) < 4.78 is 15.1. The maximum absolute atomic E-state index is 5.81. The Labute approximate surface area is 106 Å². The van der Waals surface area contributed by atoms with Crippen LogP contribution >= 0.6 is 11.5 Å². The first-order valence-corrected chi connectivity index (χ1v) is 6.69. The second-order valence-electron chi connectivity index (χ2n) is 4.06. The van der Waals surface area contributed by atoms with Crippen LogP contribution < -0.4 is 15.4 Å². The van der Waals surface area contributed by atoms with Crippen LogP contribution in [0.25, 0.3) is 0 Å². The van der Waals surface area contributed by atoms with E-state index in [-0.39, 0.29) is 0 Å². The van der Waals surface area contributed by atoms with Gasteiger partial charge in [0.15, 0.2) is 16.6 Å². The van der Waals surface area contributed by atoms with Gasteiger partial charge in [0.1, 0.15) is 0 Å². The topological polar surface area (TPSA) is 60.6 Å². The highest BCUT2D eigenvalue weighted by Gasteiger charge is 2.24. The van der Waals surface area contributed by atoms with Crippen molar-refractivity contribution in [3.63, 3.8) is 0 Å². The third-order valence-corrected chi connectivity index (χ3v) is 3.91. The Bertz CT molecular complexity index is 362. The van der Waals surface area contributed by atoms with Crippen molar-refractivity contribution in [1.29, 1.82) is 0 Å². The lowest BCUT2D eigenvalue weighted by atomic mass is 10.1. The number of ether oxygens (including phenoxy) is 2. The van der Waals surface area contributed by atoms with Crippen molar-refractivity contribution in [2.45, 2.75) is 25.9 Å². The van der Waals surface area contributed by atoms with Gasteiger partial charge in [-0.2, -0.15) is 4.37 Å². The first-order valence-electron chi connectivity index (χ1n) is 5.92. The number of anilines is 2. The lowest BCUT2D eigenvalue weighted by Gasteiger charge is -2.31. The van der Waals surface area contributed by atoms with Crippen LogP contribution in [0, 0.1) is 0 Å². The molecule has 0 saturated carbocycles. The van der Waals surface area contributed by atoms with E-state index in [1.807, 2.05) is 6.92 Å². The summed E-state index contributed by atoms with van der Waals surface area (Å²) in [6, 6.07) is 0. The van der Waals surface area contributed by atoms with Crippen molar-refractivity contribution in [3.05, 3.63) is 0 Å². The molecule has 17 heavy (non-hydrogen) atoms. The summed E-state index contributed by atoms with van der Waals surface area (Å²) in [5, 5.41) is 1.05. The first kappa shape index (κ1) is 12.4. The van der Waals surface area contributed by atoms with Crippen molar-refractivity contribution < 1.29 is 9.47 Å². The van der Waals surface area contributed by atoms with Crippen LogP contribution in [0.4, 0.5) is 10.8 Å². The molecule has 0 bridgehead atoms. The molecule has 0 atom stereocenters. The minimum Gasteiger partial charge on any atom is -0.487 e. The van der Waals surface area contributed by atoms with E-state index in [0.717, 1.165) is 36.7 Å². The van der Waals surface area contributed by atoms with Gasteiger partial charge in [-0.15, -0.1) is 0 Å². The van der Waals surface area contributed by atoms with E-state index in [1.165, 1.54) is 11.5 Å². The zero-order valence-electron chi connectivity index (χ0n) is 10.3. The molecule has 1 saturated heterocycles. The molecule has 6 heteroatoms. The van der Waals surface area contributed by atoms with E-state index in [2.05, 4.69) is 9.27 Å². The van der Waals surface area contributed by atoms with Gasteiger partial charge in [0, 0.05) is 20.2 Å². The number of aromatic nitrogens is 1. The molecular formula is C11H19N3O2S. The average Bonchev–Trinajstić information content (AvgIpc) is 2.72.